The van der Waals surface area contributed by atoms with Crippen molar-refractivity contribution in [3.05, 3.63) is 70.2 Å². The molecule has 1 amide bonds. The Kier molecular flexibility index (Phi) is 8.19. The molecule has 1 atom stereocenters. The lowest BCUT2D eigenvalue weighted by molar-refractivity contribution is -0.137. The van der Waals surface area contributed by atoms with Crippen molar-refractivity contribution in [2.24, 2.45) is 0 Å². The van der Waals surface area contributed by atoms with E-state index in [1.165, 1.54) is 6.08 Å². The van der Waals surface area contributed by atoms with Crippen molar-refractivity contribution in [2.75, 3.05) is 38.2 Å². The molecule has 1 aliphatic rings. The zero-order chi connectivity index (χ0) is 21.3. The van der Waals surface area contributed by atoms with Crippen molar-refractivity contribution >= 4 is 39.6 Å². The maximum absolute atomic E-state index is 12.5. The lowest BCUT2D eigenvalue weighted by Crippen LogP contribution is -2.42. The van der Waals surface area contributed by atoms with Crippen LogP contribution in [0.2, 0.25) is 0 Å². The van der Waals surface area contributed by atoms with Crippen LogP contribution in [0.15, 0.2) is 59.1 Å². The summed E-state index contributed by atoms with van der Waals surface area (Å²) in [7, 11) is 0. The second-order valence-corrected chi connectivity index (χ2v) is 7.82. The van der Waals surface area contributed by atoms with E-state index in [1.807, 2.05) is 48.5 Å². The van der Waals surface area contributed by atoms with E-state index in [2.05, 4.69) is 26.1 Å². The summed E-state index contributed by atoms with van der Waals surface area (Å²) in [4.78, 5) is 25.9. The second kappa shape index (κ2) is 11.1. The molecule has 1 heterocycles. The normalized spacial score (nSPS) is 17.1. The zero-order valence-electron chi connectivity index (χ0n) is 16.8. The van der Waals surface area contributed by atoms with Crippen molar-refractivity contribution in [3.63, 3.8) is 0 Å². The van der Waals surface area contributed by atoms with Gasteiger partial charge in [-0.15, -0.1) is 0 Å². The molecule has 1 N–H and O–H groups in total. The number of amides is 1. The number of carbonyl (C=O) groups is 2. The highest BCUT2D eigenvalue weighted by atomic mass is 79.9. The maximum atomic E-state index is 12.5. The summed E-state index contributed by atoms with van der Waals surface area (Å²) in [5.74, 6) is -0.442. The average molecular weight is 473 g/mol. The minimum atomic E-state index is -0.373. The first-order valence-corrected chi connectivity index (χ1v) is 10.7. The van der Waals surface area contributed by atoms with Gasteiger partial charge in [-0.25, -0.2) is 4.79 Å². The van der Waals surface area contributed by atoms with Crippen LogP contribution in [0.3, 0.4) is 0 Å². The molecule has 2 aromatic rings. The van der Waals surface area contributed by atoms with Crippen molar-refractivity contribution in [1.82, 2.24) is 4.90 Å². The van der Waals surface area contributed by atoms with E-state index < -0.39 is 0 Å². The lowest BCUT2D eigenvalue weighted by Gasteiger charge is -2.32. The Morgan fingerprint density at radius 2 is 1.93 bits per heavy atom. The zero-order valence-corrected chi connectivity index (χ0v) is 18.4. The summed E-state index contributed by atoms with van der Waals surface area (Å²) in [6.07, 6.45) is 3.03. The van der Waals surface area contributed by atoms with Gasteiger partial charge < -0.3 is 14.8 Å². The molecule has 0 aromatic heterocycles. The number of hydrogen-bond acceptors (Lipinski definition) is 5. The molecule has 1 unspecified atom stereocenters. The quantitative estimate of drug-likeness (QED) is 0.486. The first-order chi connectivity index (χ1) is 14.5. The molecule has 2 aromatic carbocycles. The van der Waals surface area contributed by atoms with Crippen LogP contribution in [0.25, 0.3) is 6.08 Å². The van der Waals surface area contributed by atoms with Gasteiger partial charge in [0.25, 0.3) is 0 Å². The Bertz CT molecular complexity index is 881. The van der Waals surface area contributed by atoms with E-state index in [-0.39, 0.29) is 18.0 Å². The Morgan fingerprint density at radius 3 is 2.63 bits per heavy atom. The molecule has 0 radical (unpaired) electrons. The summed E-state index contributed by atoms with van der Waals surface area (Å²) >= 11 is 3.44. The number of anilines is 1. The first-order valence-electron chi connectivity index (χ1n) is 9.87. The molecule has 7 heteroatoms. The highest BCUT2D eigenvalue weighted by Gasteiger charge is 2.23. The van der Waals surface area contributed by atoms with Crippen LogP contribution in [0, 0.1) is 0 Å². The highest BCUT2D eigenvalue weighted by Crippen LogP contribution is 2.23. The van der Waals surface area contributed by atoms with Gasteiger partial charge >= 0.3 is 5.97 Å². The van der Waals surface area contributed by atoms with Crippen molar-refractivity contribution < 1.29 is 19.1 Å². The highest BCUT2D eigenvalue weighted by molar-refractivity contribution is 9.10. The lowest BCUT2D eigenvalue weighted by atomic mass is 10.1. The Hall–Kier alpha value is -2.48. The summed E-state index contributed by atoms with van der Waals surface area (Å²) < 4.78 is 11.8. The van der Waals surface area contributed by atoms with Gasteiger partial charge in [-0.2, -0.15) is 0 Å². The van der Waals surface area contributed by atoms with Crippen molar-refractivity contribution in [1.29, 1.82) is 0 Å². The number of halogens is 1. The van der Waals surface area contributed by atoms with E-state index >= 15 is 0 Å². The van der Waals surface area contributed by atoms with Gasteiger partial charge in [-0.3, -0.25) is 9.69 Å². The Labute approximate surface area is 185 Å². The molecule has 0 aliphatic carbocycles. The fourth-order valence-electron chi connectivity index (χ4n) is 3.16. The SMILES string of the molecule is CCOC(=O)/C=C/c1ccc(NC(=O)CN2CCOC(c3ccc(Br)cc3)C2)cc1. The van der Waals surface area contributed by atoms with E-state index in [9.17, 15) is 9.59 Å². The monoisotopic (exact) mass is 472 g/mol. The number of benzene rings is 2. The van der Waals surface area contributed by atoms with Crippen LogP contribution < -0.4 is 5.32 Å². The molecule has 1 saturated heterocycles. The first kappa shape index (κ1) is 22.2. The fraction of sp³-hybridized carbons (Fsp3) is 0.304. The van der Waals surface area contributed by atoms with Gasteiger partial charge in [-0.05, 0) is 48.4 Å². The summed E-state index contributed by atoms with van der Waals surface area (Å²) in [5, 5.41) is 2.92. The van der Waals surface area contributed by atoms with E-state index in [0.717, 1.165) is 22.1 Å². The van der Waals surface area contributed by atoms with Gasteiger partial charge in [0.1, 0.15) is 0 Å². The standard InChI is InChI=1S/C23H25BrN2O4/c1-2-29-23(28)12-5-17-3-10-20(11-4-17)25-22(27)16-26-13-14-30-21(15-26)18-6-8-19(24)9-7-18/h3-12,21H,2,13-16H2,1H3,(H,25,27)/b12-5+. The number of rotatable bonds is 7. The third-order valence-electron chi connectivity index (χ3n) is 4.65. The van der Waals surface area contributed by atoms with Gasteiger partial charge in [0.15, 0.2) is 0 Å². The number of hydrogen-bond donors (Lipinski definition) is 1. The fourth-order valence-corrected chi connectivity index (χ4v) is 3.43. The summed E-state index contributed by atoms with van der Waals surface area (Å²) in [6, 6.07) is 15.4. The number of esters is 1. The van der Waals surface area contributed by atoms with Crippen molar-refractivity contribution in [3.8, 4) is 0 Å². The molecule has 0 bridgehead atoms. The predicted molar refractivity (Wildman–Crippen MR) is 120 cm³/mol. The average Bonchev–Trinajstić information content (AvgIpc) is 2.74. The predicted octanol–water partition coefficient (Wildman–Crippen LogP) is 4.04. The smallest absolute Gasteiger partial charge is 0.330 e. The number of nitrogens with zero attached hydrogens (tertiary/aromatic N) is 1. The molecule has 1 fully saturated rings. The molecule has 0 spiro atoms. The molecular weight excluding hydrogens is 448 g/mol. The maximum Gasteiger partial charge on any atom is 0.330 e. The van der Waals surface area contributed by atoms with Gasteiger partial charge in [0.05, 0.1) is 25.9 Å². The second-order valence-electron chi connectivity index (χ2n) is 6.90. The van der Waals surface area contributed by atoms with Gasteiger partial charge in [0, 0.05) is 29.3 Å². The number of morpholine rings is 1. The summed E-state index contributed by atoms with van der Waals surface area (Å²) in [5.41, 5.74) is 2.67. The molecule has 1 aliphatic heterocycles. The van der Waals surface area contributed by atoms with Crippen LogP contribution in [-0.2, 0) is 19.1 Å². The van der Waals surface area contributed by atoms with Crippen LogP contribution in [0.1, 0.15) is 24.2 Å². The minimum Gasteiger partial charge on any atom is -0.463 e. The van der Waals surface area contributed by atoms with Crippen LogP contribution >= 0.6 is 15.9 Å². The van der Waals surface area contributed by atoms with Crippen LogP contribution in [0.5, 0.6) is 0 Å². The molecule has 3 rings (SSSR count). The van der Waals surface area contributed by atoms with E-state index in [1.54, 1.807) is 13.0 Å². The molecule has 0 saturated carbocycles. The van der Waals surface area contributed by atoms with Gasteiger partial charge in [0.2, 0.25) is 5.91 Å². The number of ether oxygens (including phenoxy) is 2. The largest absolute Gasteiger partial charge is 0.463 e. The van der Waals surface area contributed by atoms with Crippen molar-refractivity contribution in [2.45, 2.75) is 13.0 Å². The third kappa shape index (κ3) is 6.79. The Balaban J connectivity index is 1.50. The molecule has 6 nitrogen and oxygen atoms in total. The Morgan fingerprint density at radius 1 is 1.20 bits per heavy atom. The molecule has 158 valence electrons. The minimum absolute atomic E-state index is 0.0369. The molecule has 30 heavy (non-hydrogen) atoms. The topological polar surface area (TPSA) is 67.9 Å². The third-order valence-corrected chi connectivity index (χ3v) is 5.18. The number of carbonyl (C=O) groups excluding carboxylic acids is 2. The summed E-state index contributed by atoms with van der Waals surface area (Å²) in [6.45, 7) is 4.41. The van der Waals surface area contributed by atoms with Gasteiger partial charge in [-0.1, -0.05) is 40.2 Å². The molecular formula is C23H25BrN2O4. The number of nitrogens with one attached hydrogen (secondary N) is 1. The van der Waals surface area contributed by atoms with Crippen LogP contribution in [0.4, 0.5) is 5.69 Å². The van der Waals surface area contributed by atoms with E-state index in [4.69, 9.17) is 9.47 Å². The van der Waals surface area contributed by atoms with E-state index in [0.29, 0.717) is 32.0 Å². The van der Waals surface area contributed by atoms with Crippen LogP contribution in [-0.4, -0.2) is 49.6 Å².